The third-order valence-corrected chi connectivity index (χ3v) is 3.64. The predicted molar refractivity (Wildman–Crippen MR) is 68.4 cm³/mol. The fourth-order valence-corrected chi connectivity index (χ4v) is 2.69. The lowest BCUT2D eigenvalue weighted by Gasteiger charge is -2.10. The topological polar surface area (TPSA) is 39.0 Å². The summed E-state index contributed by atoms with van der Waals surface area (Å²) in [5.41, 5.74) is 3.37. The normalized spacial score (nSPS) is 20.2. The van der Waals surface area contributed by atoms with Crippen LogP contribution in [0.2, 0.25) is 0 Å². The van der Waals surface area contributed by atoms with Gasteiger partial charge in [0.2, 0.25) is 0 Å². The molecular formula is C13H17N3O. The first-order valence-electron chi connectivity index (χ1n) is 6.07. The first kappa shape index (κ1) is 10.6. The summed E-state index contributed by atoms with van der Waals surface area (Å²) in [6, 6.07) is 6.51. The summed E-state index contributed by atoms with van der Waals surface area (Å²) >= 11 is 0. The summed E-state index contributed by atoms with van der Waals surface area (Å²) in [5, 5.41) is 3.31. The Balaban J connectivity index is 2.30. The quantitative estimate of drug-likeness (QED) is 0.800. The van der Waals surface area contributed by atoms with Crippen molar-refractivity contribution in [2.45, 2.75) is 19.4 Å². The van der Waals surface area contributed by atoms with Crippen LogP contribution in [0.5, 0.6) is 0 Å². The maximum Gasteiger partial charge on any atom is 0.329 e. The summed E-state index contributed by atoms with van der Waals surface area (Å²) in [6.07, 6.45) is 1.03. The van der Waals surface area contributed by atoms with Gasteiger partial charge < -0.3 is 5.32 Å². The maximum atomic E-state index is 12.3. The van der Waals surface area contributed by atoms with Crippen LogP contribution in [0.4, 0.5) is 0 Å². The molecule has 1 aliphatic rings. The van der Waals surface area contributed by atoms with Gasteiger partial charge in [-0.15, -0.1) is 0 Å². The molecule has 1 N–H and O–H groups in total. The molecule has 4 nitrogen and oxygen atoms in total. The van der Waals surface area contributed by atoms with E-state index in [0.717, 1.165) is 30.5 Å². The number of nitrogens with one attached hydrogen (secondary N) is 1. The highest BCUT2D eigenvalue weighted by Crippen LogP contribution is 2.21. The predicted octanol–water partition coefficient (Wildman–Crippen LogP) is 1.18. The van der Waals surface area contributed by atoms with Crippen LogP contribution in [-0.2, 0) is 7.05 Å². The Kier molecular flexibility index (Phi) is 2.33. The van der Waals surface area contributed by atoms with Crippen molar-refractivity contribution in [1.29, 1.82) is 0 Å². The smallest absolute Gasteiger partial charge is 0.315 e. The zero-order valence-electron chi connectivity index (χ0n) is 10.2. The van der Waals surface area contributed by atoms with Crippen LogP contribution in [0.15, 0.2) is 23.0 Å². The van der Waals surface area contributed by atoms with Crippen molar-refractivity contribution in [2.75, 3.05) is 13.1 Å². The molecule has 0 bridgehead atoms. The Labute approximate surface area is 99.9 Å². The van der Waals surface area contributed by atoms with Crippen molar-refractivity contribution >= 4 is 11.0 Å². The molecule has 2 aromatic rings. The fraction of sp³-hybridized carbons (Fsp3) is 0.462. The molecule has 0 spiro atoms. The number of fused-ring (bicyclic) bond motifs is 1. The van der Waals surface area contributed by atoms with E-state index in [9.17, 15) is 4.79 Å². The van der Waals surface area contributed by atoms with E-state index in [-0.39, 0.29) is 5.69 Å². The highest BCUT2D eigenvalue weighted by molar-refractivity contribution is 5.77. The molecule has 17 heavy (non-hydrogen) atoms. The number of rotatable bonds is 1. The molecule has 90 valence electrons. The van der Waals surface area contributed by atoms with Crippen molar-refractivity contribution < 1.29 is 0 Å². The molecular weight excluding hydrogens is 214 g/mol. The van der Waals surface area contributed by atoms with Crippen LogP contribution in [0.25, 0.3) is 11.0 Å². The van der Waals surface area contributed by atoms with E-state index in [0.29, 0.717) is 6.04 Å². The zero-order chi connectivity index (χ0) is 12.0. The minimum atomic E-state index is 0.0966. The lowest BCUT2D eigenvalue weighted by atomic mass is 10.2. The second kappa shape index (κ2) is 3.74. The standard InChI is InChI=1S/C13H17N3O/c1-9-3-4-11-12(7-9)15(2)13(17)16(11)10-5-6-14-8-10/h3-4,7,10,14H,5-6,8H2,1-2H3. The molecule has 0 amide bonds. The van der Waals surface area contributed by atoms with E-state index < -0.39 is 0 Å². The summed E-state index contributed by atoms with van der Waals surface area (Å²) in [7, 11) is 1.85. The number of aryl methyl sites for hydroxylation is 2. The van der Waals surface area contributed by atoms with Gasteiger partial charge >= 0.3 is 5.69 Å². The third kappa shape index (κ3) is 1.52. The second-order valence-electron chi connectivity index (χ2n) is 4.85. The number of aromatic nitrogens is 2. The molecule has 1 aromatic heterocycles. The Morgan fingerprint density at radius 1 is 1.35 bits per heavy atom. The van der Waals surface area contributed by atoms with Gasteiger partial charge in [-0.05, 0) is 37.6 Å². The molecule has 0 aliphatic carbocycles. The van der Waals surface area contributed by atoms with Crippen LogP contribution in [-0.4, -0.2) is 22.2 Å². The number of hydrogen-bond donors (Lipinski definition) is 1. The third-order valence-electron chi connectivity index (χ3n) is 3.64. The molecule has 3 rings (SSSR count). The number of benzene rings is 1. The first-order chi connectivity index (χ1) is 8.18. The number of imidazole rings is 1. The van der Waals surface area contributed by atoms with Gasteiger partial charge in [-0.3, -0.25) is 9.13 Å². The summed E-state index contributed by atoms with van der Waals surface area (Å²) < 4.78 is 3.69. The molecule has 1 atom stereocenters. The van der Waals surface area contributed by atoms with E-state index in [4.69, 9.17) is 0 Å². The molecule has 1 aromatic carbocycles. The van der Waals surface area contributed by atoms with Crippen molar-refractivity contribution in [1.82, 2.24) is 14.5 Å². The van der Waals surface area contributed by atoms with Crippen molar-refractivity contribution in [2.24, 2.45) is 7.05 Å². The van der Waals surface area contributed by atoms with Gasteiger partial charge in [0.1, 0.15) is 0 Å². The van der Waals surface area contributed by atoms with E-state index in [2.05, 4.69) is 30.4 Å². The lowest BCUT2D eigenvalue weighted by Crippen LogP contribution is -2.27. The largest absolute Gasteiger partial charge is 0.329 e. The van der Waals surface area contributed by atoms with Crippen LogP contribution in [0, 0.1) is 6.92 Å². The molecule has 1 saturated heterocycles. The average Bonchev–Trinajstić information content (AvgIpc) is 2.90. The van der Waals surface area contributed by atoms with Gasteiger partial charge in [0, 0.05) is 13.6 Å². The molecule has 4 heteroatoms. The van der Waals surface area contributed by atoms with E-state index in [1.54, 1.807) is 4.57 Å². The second-order valence-corrected chi connectivity index (χ2v) is 4.85. The number of nitrogens with zero attached hydrogens (tertiary/aromatic N) is 2. The summed E-state index contributed by atoms with van der Waals surface area (Å²) in [6.45, 7) is 3.95. The van der Waals surface area contributed by atoms with Crippen LogP contribution >= 0.6 is 0 Å². The highest BCUT2D eigenvalue weighted by Gasteiger charge is 2.22. The SMILES string of the molecule is Cc1ccc2c(c1)n(C)c(=O)n2C1CCNC1. The summed E-state index contributed by atoms with van der Waals surface area (Å²) in [5.74, 6) is 0. The van der Waals surface area contributed by atoms with E-state index in [1.807, 2.05) is 11.6 Å². The van der Waals surface area contributed by atoms with Gasteiger partial charge in [0.15, 0.2) is 0 Å². The number of hydrogen-bond acceptors (Lipinski definition) is 2. The van der Waals surface area contributed by atoms with Crippen LogP contribution in [0.3, 0.4) is 0 Å². The molecule has 1 unspecified atom stereocenters. The van der Waals surface area contributed by atoms with Gasteiger partial charge in [0.05, 0.1) is 17.1 Å². The summed E-state index contributed by atoms with van der Waals surface area (Å²) in [4.78, 5) is 12.3. The van der Waals surface area contributed by atoms with Crippen molar-refractivity contribution in [3.05, 3.63) is 34.2 Å². The van der Waals surface area contributed by atoms with Crippen LogP contribution < -0.4 is 11.0 Å². The monoisotopic (exact) mass is 231 g/mol. The van der Waals surface area contributed by atoms with Gasteiger partial charge in [0.25, 0.3) is 0 Å². The lowest BCUT2D eigenvalue weighted by molar-refractivity contribution is 0.535. The average molecular weight is 231 g/mol. The first-order valence-corrected chi connectivity index (χ1v) is 6.07. The Hall–Kier alpha value is -1.55. The molecule has 1 aliphatic heterocycles. The molecule has 0 radical (unpaired) electrons. The van der Waals surface area contributed by atoms with Gasteiger partial charge in [-0.25, -0.2) is 4.79 Å². The highest BCUT2D eigenvalue weighted by atomic mass is 16.1. The van der Waals surface area contributed by atoms with Crippen molar-refractivity contribution in [3.8, 4) is 0 Å². The molecule has 0 saturated carbocycles. The minimum Gasteiger partial charge on any atom is -0.315 e. The molecule has 2 heterocycles. The maximum absolute atomic E-state index is 12.3. The molecule has 1 fully saturated rings. The Morgan fingerprint density at radius 3 is 2.88 bits per heavy atom. The van der Waals surface area contributed by atoms with E-state index >= 15 is 0 Å². The minimum absolute atomic E-state index is 0.0966. The van der Waals surface area contributed by atoms with Crippen LogP contribution in [0.1, 0.15) is 18.0 Å². The van der Waals surface area contributed by atoms with E-state index in [1.165, 1.54) is 5.56 Å². The zero-order valence-corrected chi connectivity index (χ0v) is 10.2. The Bertz CT molecular complexity index is 617. The fourth-order valence-electron chi connectivity index (χ4n) is 2.69. The van der Waals surface area contributed by atoms with Gasteiger partial charge in [-0.1, -0.05) is 6.07 Å². The Morgan fingerprint density at radius 2 is 2.18 bits per heavy atom. The van der Waals surface area contributed by atoms with Crippen molar-refractivity contribution in [3.63, 3.8) is 0 Å². The van der Waals surface area contributed by atoms with Gasteiger partial charge in [-0.2, -0.15) is 0 Å².